The lowest BCUT2D eigenvalue weighted by Crippen LogP contribution is -2.44. The molecule has 4 heteroatoms. The molecule has 1 N–H and O–H groups in total. The van der Waals surface area contributed by atoms with E-state index in [0.717, 1.165) is 46.0 Å². The lowest BCUT2D eigenvalue weighted by molar-refractivity contribution is -0.0697. The minimum atomic E-state index is 0.273. The van der Waals surface area contributed by atoms with Crippen LogP contribution in [0.2, 0.25) is 0 Å². The van der Waals surface area contributed by atoms with Crippen LogP contribution in [0, 0.1) is 0 Å². The highest BCUT2D eigenvalue weighted by atomic mass is 16.5. The molecule has 2 fully saturated rings. The molecule has 2 atom stereocenters. The Hall–Kier alpha value is -0.160. The van der Waals surface area contributed by atoms with Crippen LogP contribution in [-0.4, -0.2) is 63.0 Å². The minimum Gasteiger partial charge on any atom is -0.377 e. The van der Waals surface area contributed by atoms with Crippen LogP contribution in [0.1, 0.15) is 19.8 Å². The molecule has 2 heterocycles. The summed E-state index contributed by atoms with van der Waals surface area (Å²) in [6, 6.07) is 0.575. The van der Waals surface area contributed by atoms with Gasteiger partial charge >= 0.3 is 0 Å². The number of rotatable bonds is 5. The van der Waals surface area contributed by atoms with Crippen molar-refractivity contribution in [1.29, 1.82) is 0 Å². The van der Waals surface area contributed by atoms with Crippen molar-refractivity contribution >= 4 is 0 Å². The van der Waals surface area contributed by atoms with E-state index >= 15 is 0 Å². The SMILES string of the molecule is CCN1CCOC(COCC2CCCN2)C1. The molecule has 2 aliphatic heterocycles. The fourth-order valence-electron chi connectivity index (χ4n) is 2.41. The van der Waals surface area contributed by atoms with Gasteiger partial charge in [-0.3, -0.25) is 4.90 Å². The Labute approximate surface area is 98.3 Å². The van der Waals surface area contributed by atoms with Crippen molar-refractivity contribution in [3.8, 4) is 0 Å². The second kappa shape index (κ2) is 6.55. The summed E-state index contributed by atoms with van der Waals surface area (Å²) in [5.41, 5.74) is 0. The maximum atomic E-state index is 5.74. The molecular formula is C12H24N2O2. The Bertz CT molecular complexity index is 195. The maximum Gasteiger partial charge on any atom is 0.0935 e. The van der Waals surface area contributed by atoms with Crippen molar-refractivity contribution in [2.75, 3.05) is 46.0 Å². The first-order valence-corrected chi connectivity index (χ1v) is 6.53. The highest BCUT2D eigenvalue weighted by Gasteiger charge is 2.20. The molecule has 0 aromatic rings. The third-order valence-corrected chi connectivity index (χ3v) is 3.46. The lowest BCUT2D eigenvalue weighted by Gasteiger charge is -2.32. The summed E-state index contributed by atoms with van der Waals surface area (Å²) in [7, 11) is 0. The zero-order valence-corrected chi connectivity index (χ0v) is 10.3. The Kier molecular flexibility index (Phi) is 5.03. The second-order valence-electron chi connectivity index (χ2n) is 4.72. The summed E-state index contributed by atoms with van der Waals surface area (Å²) in [4.78, 5) is 2.42. The summed E-state index contributed by atoms with van der Waals surface area (Å²) in [5, 5.41) is 3.44. The summed E-state index contributed by atoms with van der Waals surface area (Å²) in [6.45, 7) is 8.99. The zero-order valence-electron chi connectivity index (χ0n) is 10.3. The van der Waals surface area contributed by atoms with Gasteiger partial charge in [-0.05, 0) is 25.9 Å². The molecule has 0 amide bonds. The first-order chi connectivity index (χ1) is 7.88. The highest BCUT2D eigenvalue weighted by molar-refractivity contribution is 4.74. The minimum absolute atomic E-state index is 0.273. The van der Waals surface area contributed by atoms with Gasteiger partial charge in [-0.15, -0.1) is 0 Å². The predicted octanol–water partition coefficient (Wildman–Crippen LogP) is 0.476. The van der Waals surface area contributed by atoms with Crippen LogP contribution in [0.15, 0.2) is 0 Å². The standard InChI is InChI=1S/C12H24N2O2/c1-2-14-6-7-16-12(8-14)10-15-9-11-4-3-5-13-11/h11-13H,2-10H2,1H3. The first kappa shape index (κ1) is 12.3. The molecule has 0 aliphatic carbocycles. The lowest BCUT2D eigenvalue weighted by atomic mass is 10.2. The third-order valence-electron chi connectivity index (χ3n) is 3.46. The molecule has 16 heavy (non-hydrogen) atoms. The van der Waals surface area contributed by atoms with E-state index in [9.17, 15) is 0 Å². The third kappa shape index (κ3) is 3.70. The van der Waals surface area contributed by atoms with Crippen molar-refractivity contribution < 1.29 is 9.47 Å². The molecule has 0 spiro atoms. The smallest absolute Gasteiger partial charge is 0.0935 e. The van der Waals surface area contributed by atoms with Crippen LogP contribution in [0.4, 0.5) is 0 Å². The Morgan fingerprint density at radius 1 is 1.44 bits per heavy atom. The maximum absolute atomic E-state index is 5.74. The Balaban J connectivity index is 1.58. The molecule has 2 saturated heterocycles. The summed E-state index contributed by atoms with van der Waals surface area (Å²) < 4.78 is 11.4. The van der Waals surface area contributed by atoms with Crippen molar-refractivity contribution in [2.45, 2.75) is 31.9 Å². The van der Waals surface area contributed by atoms with E-state index < -0.39 is 0 Å². The van der Waals surface area contributed by atoms with E-state index in [1.54, 1.807) is 0 Å². The number of hydrogen-bond donors (Lipinski definition) is 1. The van der Waals surface area contributed by atoms with Crippen LogP contribution >= 0.6 is 0 Å². The second-order valence-corrected chi connectivity index (χ2v) is 4.72. The topological polar surface area (TPSA) is 33.7 Å². The molecule has 0 saturated carbocycles. The fourth-order valence-corrected chi connectivity index (χ4v) is 2.41. The number of hydrogen-bond acceptors (Lipinski definition) is 4. The molecular weight excluding hydrogens is 204 g/mol. The van der Waals surface area contributed by atoms with Crippen LogP contribution in [-0.2, 0) is 9.47 Å². The molecule has 2 unspecified atom stereocenters. The van der Waals surface area contributed by atoms with Crippen molar-refractivity contribution in [1.82, 2.24) is 10.2 Å². The number of nitrogens with zero attached hydrogens (tertiary/aromatic N) is 1. The largest absolute Gasteiger partial charge is 0.377 e. The van der Waals surface area contributed by atoms with Gasteiger partial charge < -0.3 is 14.8 Å². The first-order valence-electron chi connectivity index (χ1n) is 6.53. The molecule has 2 rings (SSSR count). The van der Waals surface area contributed by atoms with E-state index in [2.05, 4.69) is 17.1 Å². The molecule has 4 nitrogen and oxygen atoms in total. The van der Waals surface area contributed by atoms with Crippen molar-refractivity contribution in [3.63, 3.8) is 0 Å². The Morgan fingerprint density at radius 2 is 2.38 bits per heavy atom. The van der Waals surface area contributed by atoms with Crippen molar-refractivity contribution in [2.24, 2.45) is 0 Å². The number of nitrogens with one attached hydrogen (secondary N) is 1. The molecule has 0 aromatic heterocycles. The molecule has 0 bridgehead atoms. The van der Waals surface area contributed by atoms with E-state index in [-0.39, 0.29) is 6.10 Å². The Morgan fingerprint density at radius 3 is 3.12 bits per heavy atom. The van der Waals surface area contributed by atoms with Gasteiger partial charge in [0.15, 0.2) is 0 Å². The summed E-state index contributed by atoms with van der Waals surface area (Å²) in [6.07, 6.45) is 2.82. The summed E-state index contributed by atoms with van der Waals surface area (Å²) >= 11 is 0. The monoisotopic (exact) mass is 228 g/mol. The zero-order chi connectivity index (χ0) is 11.2. The van der Waals surface area contributed by atoms with Crippen LogP contribution in [0.25, 0.3) is 0 Å². The predicted molar refractivity (Wildman–Crippen MR) is 63.7 cm³/mol. The number of morpholine rings is 1. The van der Waals surface area contributed by atoms with Gasteiger partial charge in [0, 0.05) is 19.1 Å². The van der Waals surface area contributed by atoms with Crippen LogP contribution in [0.3, 0.4) is 0 Å². The van der Waals surface area contributed by atoms with Crippen LogP contribution < -0.4 is 5.32 Å². The van der Waals surface area contributed by atoms with Gasteiger partial charge in [-0.1, -0.05) is 6.92 Å². The van der Waals surface area contributed by atoms with Gasteiger partial charge in [0.2, 0.25) is 0 Å². The van der Waals surface area contributed by atoms with Gasteiger partial charge in [-0.25, -0.2) is 0 Å². The number of likely N-dealkylation sites (N-methyl/N-ethyl adjacent to an activating group) is 1. The fraction of sp³-hybridized carbons (Fsp3) is 1.00. The van der Waals surface area contributed by atoms with E-state index in [1.807, 2.05) is 0 Å². The van der Waals surface area contributed by atoms with Gasteiger partial charge in [0.05, 0.1) is 25.9 Å². The quantitative estimate of drug-likeness (QED) is 0.742. The highest BCUT2D eigenvalue weighted by Crippen LogP contribution is 2.08. The van der Waals surface area contributed by atoms with Gasteiger partial charge in [0.25, 0.3) is 0 Å². The molecule has 0 radical (unpaired) electrons. The van der Waals surface area contributed by atoms with Gasteiger partial charge in [-0.2, -0.15) is 0 Å². The molecule has 2 aliphatic rings. The number of ether oxygens (including phenoxy) is 2. The molecule has 94 valence electrons. The van der Waals surface area contributed by atoms with E-state index in [4.69, 9.17) is 9.47 Å². The van der Waals surface area contributed by atoms with E-state index in [0.29, 0.717) is 6.04 Å². The summed E-state index contributed by atoms with van der Waals surface area (Å²) in [5.74, 6) is 0. The van der Waals surface area contributed by atoms with Gasteiger partial charge in [0.1, 0.15) is 0 Å². The average Bonchev–Trinajstić information content (AvgIpc) is 2.82. The van der Waals surface area contributed by atoms with E-state index in [1.165, 1.54) is 12.8 Å². The van der Waals surface area contributed by atoms with Crippen LogP contribution in [0.5, 0.6) is 0 Å². The normalized spacial score (nSPS) is 32.1. The van der Waals surface area contributed by atoms with Crippen molar-refractivity contribution in [3.05, 3.63) is 0 Å². The molecule has 0 aromatic carbocycles. The average molecular weight is 228 g/mol.